The Labute approximate surface area is 205 Å². The number of hydrogen-bond donors (Lipinski definition) is 1. The molecule has 5 rings (SSSR count). The molecule has 0 amide bonds. The number of nitrogens with zero attached hydrogens (tertiary/aromatic N) is 8. The summed E-state index contributed by atoms with van der Waals surface area (Å²) in [5.74, 6) is -2.46. The predicted molar refractivity (Wildman–Crippen MR) is 129 cm³/mol. The smallest absolute Gasteiger partial charge is 0.330 e. The van der Waals surface area contributed by atoms with Gasteiger partial charge in [-0.05, 0) is 38.7 Å². The number of aliphatic hydroxyl groups excluding tert-OH is 1. The second kappa shape index (κ2) is 8.67. The van der Waals surface area contributed by atoms with Gasteiger partial charge in [-0.15, -0.1) is 0 Å². The van der Waals surface area contributed by atoms with Crippen molar-refractivity contribution in [3.8, 4) is 12.0 Å². The van der Waals surface area contributed by atoms with E-state index in [9.17, 15) is 23.9 Å². The lowest BCUT2D eigenvalue weighted by Gasteiger charge is -2.39. The Morgan fingerprint density at radius 3 is 2.58 bits per heavy atom. The molecule has 12 heteroatoms. The third-order valence-corrected chi connectivity index (χ3v) is 6.92. The van der Waals surface area contributed by atoms with Crippen molar-refractivity contribution >= 4 is 23.1 Å². The zero-order valence-corrected chi connectivity index (χ0v) is 20.0. The standard InChI is InChI=1S/C24H26F2N8O2/c1-4-15(10-27)9-18-14(2)28-13-33(18)22-29-20(32-11-24(25,26)12-32)19-21(30-22)34(23(36)31(19)3)16-5-7-17(35)8-6-16/h4,9,13,16-17,35H,1,5-8,11-12H2,2-3H3/b15-9+. The van der Waals surface area contributed by atoms with Gasteiger partial charge in [-0.2, -0.15) is 15.2 Å². The highest BCUT2D eigenvalue weighted by Crippen LogP contribution is 2.37. The Balaban J connectivity index is 1.75. The topological polar surface area (TPSA) is 118 Å². The molecular weight excluding hydrogens is 470 g/mol. The summed E-state index contributed by atoms with van der Waals surface area (Å²) < 4.78 is 32.3. The predicted octanol–water partition coefficient (Wildman–Crippen LogP) is 2.65. The molecule has 1 N–H and O–H groups in total. The van der Waals surface area contributed by atoms with E-state index in [0.717, 1.165) is 0 Å². The van der Waals surface area contributed by atoms with Crippen LogP contribution in [0.4, 0.5) is 14.6 Å². The molecule has 36 heavy (non-hydrogen) atoms. The molecule has 188 valence electrons. The average Bonchev–Trinajstić information content (AvgIpc) is 3.32. The number of fused-ring (bicyclic) bond motifs is 1. The monoisotopic (exact) mass is 496 g/mol. The normalized spacial score (nSPS) is 21.9. The highest BCUT2D eigenvalue weighted by Gasteiger charge is 2.46. The van der Waals surface area contributed by atoms with Crippen LogP contribution in [0, 0.1) is 18.3 Å². The highest BCUT2D eigenvalue weighted by atomic mass is 19.3. The van der Waals surface area contributed by atoms with E-state index >= 15 is 0 Å². The third kappa shape index (κ3) is 3.89. The molecule has 0 aromatic carbocycles. The van der Waals surface area contributed by atoms with Crippen LogP contribution in [0.15, 0.2) is 29.3 Å². The number of aliphatic hydroxyl groups is 1. The first-order chi connectivity index (χ1) is 17.1. The van der Waals surface area contributed by atoms with E-state index in [-0.39, 0.29) is 23.5 Å². The SMILES string of the molecule is C=C/C(C#N)=C\c1c(C)ncn1-c1nc(N2CC(F)(F)C2)c2c(n1)n(C1CCC(O)CC1)c(=O)n2C. The van der Waals surface area contributed by atoms with Crippen molar-refractivity contribution in [3.63, 3.8) is 0 Å². The van der Waals surface area contributed by atoms with E-state index in [4.69, 9.17) is 4.98 Å². The molecule has 0 bridgehead atoms. The van der Waals surface area contributed by atoms with Gasteiger partial charge in [-0.3, -0.25) is 13.7 Å². The van der Waals surface area contributed by atoms with Gasteiger partial charge in [0.1, 0.15) is 11.8 Å². The van der Waals surface area contributed by atoms with Crippen LogP contribution in [0.5, 0.6) is 0 Å². The van der Waals surface area contributed by atoms with Crippen LogP contribution in [0.2, 0.25) is 0 Å². The van der Waals surface area contributed by atoms with E-state index in [1.54, 1.807) is 29.2 Å². The van der Waals surface area contributed by atoms with Crippen molar-refractivity contribution in [3.05, 3.63) is 46.4 Å². The number of nitriles is 1. The molecule has 0 spiro atoms. The van der Waals surface area contributed by atoms with Crippen LogP contribution in [-0.2, 0) is 7.05 Å². The van der Waals surface area contributed by atoms with Gasteiger partial charge >= 0.3 is 5.69 Å². The number of anilines is 1. The third-order valence-electron chi connectivity index (χ3n) is 6.92. The summed E-state index contributed by atoms with van der Waals surface area (Å²) in [4.78, 5) is 28.5. The summed E-state index contributed by atoms with van der Waals surface area (Å²) in [5.41, 5.74) is 1.86. The van der Waals surface area contributed by atoms with Gasteiger partial charge in [0.25, 0.3) is 5.92 Å². The Morgan fingerprint density at radius 2 is 1.97 bits per heavy atom. The van der Waals surface area contributed by atoms with Crippen LogP contribution in [0.3, 0.4) is 0 Å². The molecule has 1 aliphatic carbocycles. The summed E-state index contributed by atoms with van der Waals surface area (Å²) in [6, 6.07) is 1.86. The fraction of sp³-hybridized carbons (Fsp3) is 0.458. The minimum absolute atomic E-state index is 0.149. The summed E-state index contributed by atoms with van der Waals surface area (Å²) in [6.45, 7) is 4.38. The molecular formula is C24H26F2N8O2. The molecule has 4 heterocycles. The fourth-order valence-electron chi connectivity index (χ4n) is 4.94. The van der Waals surface area contributed by atoms with Crippen molar-refractivity contribution in [2.24, 2.45) is 7.05 Å². The number of rotatable bonds is 5. The molecule has 2 aliphatic rings. The van der Waals surface area contributed by atoms with Crippen molar-refractivity contribution < 1.29 is 13.9 Å². The first-order valence-corrected chi connectivity index (χ1v) is 11.7. The molecule has 3 aromatic heterocycles. The lowest BCUT2D eigenvalue weighted by atomic mass is 9.93. The summed E-state index contributed by atoms with van der Waals surface area (Å²) in [7, 11) is 1.59. The van der Waals surface area contributed by atoms with E-state index < -0.39 is 25.1 Å². The maximum atomic E-state index is 13.9. The fourth-order valence-corrected chi connectivity index (χ4v) is 4.94. The number of halogens is 2. The van der Waals surface area contributed by atoms with Gasteiger partial charge in [0.2, 0.25) is 5.95 Å². The van der Waals surface area contributed by atoms with E-state index in [2.05, 4.69) is 16.5 Å². The van der Waals surface area contributed by atoms with E-state index in [0.29, 0.717) is 53.8 Å². The van der Waals surface area contributed by atoms with Crippen molar-refractivity contribution in [2.45, 2.75) is 50.7 Å². The zero-order chi connectivity index (χ0) is 25.8. The number of imidazole rings is 2. The molecule has 10 nitrogen and oxygen atoms in total. The van der Waals surface area contributed by atoms with Crippen molar-refractivity contribution in [1.29, 1.82) is 5.26 Å². The summed E-state index contributed by atoms with van der Waals surface area (Å²) >= 11 is 0. The van der Waals surface area contributed by atoms with Crippen LogP contribution in [-0.4, -0.2) is 58.9 Å². The Hall–Kier alpha value is -3.85. The lowest BCUT2D eigenvalue weighted by Crippen LogP contribution is -2.56. The average molecular weight is 497 g/mol. The molecule has 1 saturated heterocycles. The van der Waals surface area contributed by atoms with Crippen LogP contribution in [0.1, 0.15) is 43.1 Å². The van der Waals surface area contributed by atoms with Crippen LogP contribution >= 0.6 is 0 Å². The van der Waals surface area contributed by atoms with Gasteiger partial charge in [0.05, 0.1) is 42.2 Å². The quantitative estimate of drug-likeness (QED) is 0.426. The van der Waals surface area contributed by atoms with Crippen molar-refractivity contribution in [2.75, 3.05) is 18.0 Å². The van der Waals surface area contributed by atoms with Gasteiger partial charge in [0, 0.05) is 13.1 Å². The maximum Gasteiger partial charge on any atom is 0.330 e. The van der Waals surface area contributed by atoms with Crippen molar-refractivity contribution in [1.82, 2.24) is 28.7 Å². The Bertz CT molecular complexity index is 1480. The molecule has 1 aliphatic heterocycles. The number of alkyl halides is 2. The first-order valence-electron chi connectivity index (χ1n) is 11.7. The maximum absolute atomic E-state index is 13.9. The molecule has 0 radical (unpaired) electrons. The minimum Gasteiger partial charge on any atom is -0.393 e. The molecule has 2 fully saturated rings. The van der Waals surface area contributed by atoms with Crippen LogP contribution < -0.4 is 10.6 Å². The summed E-state index contributed by atoms with van der Waals surface area (Å²) in [5, 5.41) is 19.3. The van der Waals surface area contributed by atoms with Gasteiger partial charge in [-0.1, -0.05) is 12.7 Å². The molecule has 0 atom stereocenters. The Kier molecular flexibility index (Phi) is 5.75. The van der Waals surface area contributed by atoms with Gasteiger partial charge in [-0.25, -0.2) is 18.6 Å². The Morgan fingerprint density at radius 1 is 1.28 bits per heavy atom. The minimum atomic E-state index is -2.84. The highest BCUT2D eigenvalue weighted by molar-refractivity contribution is 5.86. The lowest BCUT2D eigenvalue weighted by molar-refractivity contribution is -0.0265. The molecule has 0 unspecified atom stereocenters. The number of aryl methyl sites for hydroxylation is 2. The van der Waals surface area contributed by atoms with Crippen LogP contribution in [0.25, 0.3) is 23.2 Å². The second-order valence-electron chi connectivity index (χ2n) is 9.41. The largest absolute Gasteiger partial charge is 0.393 e. The van der Waals surface area contributed by atoms with Gasteiger partial charge < -0.3 is 10.0 Å². The summed E-state index contributed by atoms with van der Waals surface area (Å²) in [6.07, 6.45) is 6.42. The number of allylic oxidation sites excluding steroid dienone is 2. The number of hydrogen-bond acceptors (Lipinski definition) is 7. The second-order valence-corrected chi connectivity index (χ2v) is 9.41. The van der Waals surface area contributed by atoms with Gasteiger partial charge in [0.15, 0.2) is 11.5 Å². The first kappa shape index (κ1) is 23.9. The molecule has 1 saturated carbocycles. The van der Waals surface area contributed by atoms with E-state index in [1.807, 2.05) is 6.07 Å². The zero-order valence-electron chi connectivity index (χ0n) is 20.0. The molecule has 3 aromatic rings. The van der Waals surface area contributed by atoms with E-state index in [1.165, 1.54) is 21.9 Å². The number of aromatic nitrogens is 6.